The molecule has 0 bridgehead atoms. The number of thioether (sulfide) groups is 1. The van der Waals surface area contributed by atoms with Gasteiger partial charge in [-0.1, -0.05) is 12.1 Å². The van der Waals surface area contributed by atoms with Crippen LogP contribution in [0.2, 0.25) is 0 Å². The lowest BCUT2D eigenvalue weighted by Crippen LogP contribution is -2.31. The van der Waals surface area contributed by atoms with Crippen molar-refractivity contribution in [3.05, 3.63) is 46.7 Å². The molecular formula is C16H17NO2S2. The van der Waals surface area contributed by atoms with Gasteiger partial charge in [0.15, 0.2) is 0 Å². The van der Waals surface area contributed by atoms with Crippen molar-refractivity contribution < 1.29 is 9.90 Å². The number of amides is 1. The molecule has 21 heavy (non-hydrogen) atoms. The van der Waals surface area contributed by atoms with Crippen molar-refractivity contribution >= 4 is 29.0 Å². The van der Waals surface area contributed by atoms with E-state index in [0.717, 1.165) is 24.3 Å². The zero-order valence-electron chi connectivity index (χ0n) is 11.6. The van der Waals surface area contributed by atoms with Crippen LogP contribution in [0.25, 0.3) is 0 Å². The second-order valence-corrected chi connectivity index (χ2v) is 7.07. The van der Waals surface area contributed by atoms with E-state index in [1.165, 1.54) is 16.6 Å². The molecule has 1 aromatic carbocycles. The van der Waals surface area contributed by atoms with Crippen LogP contribution >= 0.6 is 23.1 Å². The summed E-state index contributed by atoms with van der Waals surface area (Å²) < 4.78 is 0. The van der Waals surface area contributed by atoms with Gasteiger partial charge in [0.2, 0.25) is 5.91 Å². The number of carbonyl (C=O) groups excluding carboxylic acids is 1. The number of benzene rings is 1. The Balaban J connectivity index is 1.62. The number of hydrogen-bond donors (Lipinski definition) is 1. The second-order valence-electron chi connectivity index (χ2n) is 5.05. The van der Waals surface area contributed by atoms with Crippen LogP contribution in [0.5, 0.6) is 5.75 Å². The Hall–Kier alpha value is -1.46. The molecule has 1 atom stereocenters. The molecule has 0 radical (unpaired) electrons. The summed E-state index contributed by atoms with van der Waals surface area (Å²) in [5.41, 5.74) is 0. The molecule has 5 heteroatoms. The number of nitrogens with zero attached hydrogens (tertiary/aromatic N) is 1. The van der Waals surface area contributed by atoms with Gasteiger partial charge in [-0.15, -0.1) is 23.1 Å². The highest BCUT2D eigenvalue weighted by molar-refractivity contribution is 8.00. The lowest BCUT2D eigenvalue weighted by Gasteiger charge is -2.23. The molecular weight excluding hydrogens is 302 g/mol. The smallest absolute Gasteiger partial charge is 0.233 e. The standard InChI is InChI=1S/C16H17NO2S2/c18-12-4-1-5-13(10-12)21-11-16(19)17-8-2-6-14(17)15-7-3-9-20-15/h1,3-5,7,9-10,14,18H,2,6,8,11H2. The molecule has 0 saturated carbocycles. The second kappa shape index (κ2) is 6.54. The maximum absolute atomic E-state index is 12.5. The minimum Gasteiger partial charge on any atom is -0.508 e. The third kappa shape index (κ3) is 3.41. The van der Waals surface area contributed by atoms with E-state index < -0.39 is 0 Å². The summed E-state index contributed by atoms with van der Waals surface area (Å²) in [6, 6.07) is 11.5. The first kappa shape index (κ1) is 14.5. The SMILES string of the molecule is O=C(CSc1cccc(O)c1)N1CCCC1c1cccs1. The van der Waals surface area contributed by atoms with Crippen LogP contribution in [-0.4, -0.2) is 28.2 Å². The normalized spacial score (nSPS) is 18.1. The summed E-state index contributed by atoms with van der Waals surface area (Å²) in [5, 5.41) is 11.5. The van der Waals surface area contributed by atoms with Gasteiger partial charge in [0.05, 0.1) is 11.8 Å². The van der Waals surface area contributed by atoms with Gasteiger partial charge in [-0.25, -0.2) is 0 Å². The summed E-state index contributed by atoms with van der Waals surface area (Å²) in [6.07, 6.45) is 2.13. The molecule has 1 N–H and O–H groups in total. The fraction of sp³-hybridized carbons (Fsp3) is 0.312. The Morgan fingerprint density at radius 3 is 3.05 bits per heavy atom. The highest BCUT2D eigenvalue weighted by Crippen LogP contribution is 2.35. The van der Waals surface area contributed by atoms with Gasteiger partial charge in [-0.05, 0) is 42.5 Å². The van der Waals surface area contributed by atoms with Gasteiger partial charge < -0.3 is 10.0 Å². The molecule has 0 aliphatic carbocycles. The number of hydrogen-bond acceptors (Lipinski definition) is 4. The molecule has 2 aromatic rings. The topological polar surface area (TPSA) is 40.5 Å². The quantitative estimate of drug-likeness (QED) is 0.869. The van der Waals surface area contributed by atoms with Crippen LogP contribution in [-0.2, 0) is 4.79 Å². The van der Waals surface area contributed by atoms with Crippen molar-refractivity contribution in [3.8, 4) is 5.75 Å². The number of rotatable bonds is 4. The van der Waals surface area contributed by atoms with Gasteiger partial charge in [-0.3, -0.25) is 4.79 Å². The molecule has 3 nitrogen and oxygen atoms in total. The van der Waals surface area contributed by atoms with Crippen molar-refractivity contribution in [2.24, 2.45) is 0 Å². The van der Waals surface area contributed by atoms with Crippen LogP contribution in [0.4, 0.5) is 0 Å². The number of carbonyl (C=O) groups is 1. The maximum atomic E-state index is 12.5. The molecule has 1 unspecified atom stereocenters. The van der Waals surface area contributed by atoms with Crippen molar-refractivity contribution in [2.75, 3.05) is 12.3 Å². The fourth-order valence-electron chi connectivity index (χ4n) is 2.64. The zero-order valence-corrected chi connectivity index (χ0v) is 13.2. The Labute approximate surface area is 132 Å². The molecule has 110 valence electrons. The highest BCUT2D eigenvalue weighted by Gasteiger charge is 2.30. The van der Waals surface area contributed by atoms with Crippen LogP contribution < -0.4 is 0 Å². The molecule has 1 aliphatic rings. The van der Waals surface area contributed by atoms with Gasteiger partial charge in [0.25, 0.3) is 0 Å². The molecule has 1 aliphatic heterocycles. The van der Waals surface area contributed by atoms with E-state index in [4.69, 9.17) is 0 Å². The minimum atomic E-state index is 0.180. The van der Waals surface area contributed by atoms with Gasteiger partial charge >= 0.3 is 0 Å². The van der Waals surface area contributed by atoms with E-state index in [2.05, 4.69) is 11.4 Å². The van der Waals surface area contributed by atoms with Gasteiger partial charge in [0.1, 0.15) is 5.75 Å². The van der Waals surface area contributed by atoms with Crippen LogP contribution in [0.15, 0.2) is 46.7 Å². The van der Waals surface area contributed by atoms with E-state index in [-0.39, 0.29) is 17.7 Å². The van der Waals surface area contributed by atoms with Crippen LogP contribution in [0.1, 0.15) is 23.8 Å². The fourth-order valence-corrected chi connectivity index (χ4v) is 4.35. The van der Waals surface area contributed by atoms with E-state index in [9.17, 15) is 9.90 Å². The first-order valence-electron chi connectivity index (χ1n) is 6.99. The van der Waals surface area contributed by atoms with Gasteiger partial charge in [0, 0.05) is 16.3 Å². The Morgan fingerprint density at radius 2 is 2.29 bits per heavy atom. The van der Waals surface area contributed by atoms with E-state index >= 15 is 0 Å². The minimum absolute atomic E-state index is 0.180. The molecule has 1 aromatic heterocycles. The summed E-state index contributed by atoms with van der Waals surface area (Å²) in [5.74, 6) is 0.843. The van der Waals surface area contributed by atoms with Crippen molar-refractivity contribution in [2.45, 2.75) is 23.8 Å². The van der Waals surface area contributed by atoms with E-state index in [1.54, 1.807) is 29.5 Å². The number of phenolic OH excluding ortho intramolecular Hbond substituents is 1. The molecule has 3 rings (SSSR count). The molecule has 0 spiro atoms. The predicted molar refractivity (Wildman–Crippen MR) is 86.8 cm³/mol. The average Bonchev–Trinajstić information content (AvgIpc) is 3.14. The molecule has 1 saturated heterocycles. The lowest BCUT2D eigenvalue weighted by molar-refractivity contribution is -0.129. The lowest BCUT2D eigenvalue weighted by atomic mass is 10.2. The summed E-state index contributed by atoms with van der Waals surface area (Å²) in [4.78, 5) is 16.7. The van der Waals surface area contributed by atoms with Crippen molar-refractivity contribution in [1.29, 1.82) is 0 Å². The third-order valence-electron chi connectivity index (χ3n) is 3.62. The third-order valence-corrected chi connectivity index (χ3v) is 5.58. The number of thiophene rings is 1. The first-order chi connectivity index (χ1) is 10.2. The van der Waals surface area contributed by atoms with Crippen molar-refractivity contribution in [3.63, 3.8) is 0 Å². The summed E-state index contributed by atoms with van der Waals surface area (Å²) >= 11 is 3.21. The monoisotopic (exact) mass is 319 g/mol. The zero-order chi connectivity index (χ0) is 14.7. The summed E-state index contributed by atoms with van der Waals surface area (Å²) in [6.45, 7) is 0.849. The Bertz CT molecular complexity index is 612. The largest absolute Gasteiger partial charge is 0.508 e. The average molecular weight is 319 g/mol. The van der Waals surface area contributed by atoms with Gasteiger partial charge in [-0.2, -0.15) is 0 Å². The Morgan fingerprint density at radius 1 is 1.38 bits per heavy atom. The first-order valence-corrected chi connectivity index (χ1v) is 8.85. The van der Waals surface area contributed by atoms with Crippen molar-refractivity contribution in [1.82, 2.24) is 4.90 Å². The van der Waals surface area contributed by atoms with E-state index in [0.29, 0.717) is 5.75 Å². The maximum Gasteiger partial charge on any atom is 0.233 e. The Kier molecular flexibility index (Phi) is 4.51. The van der Waals surface area contributed by atoms with E-state index in [1.807, 2.05) is 17.0 Å². The molecule has 1 fully saturated rings. The van der Waals surface area contributed by atoms with Crippen LogP contribution in [0, 0.1) is 0 Å². The number of aromatic hydroxyl groups is 1. The number of likely N-dealkylation sites (tertiary alicyclic amines) is 1. The predicted octanol–water partition coefficient (Wildman–Crippen LogP) is 3.91. The molecule has 1 amide bonds. The molecule has 2 heterocycles. The van der Waals surface area contributed by atoms with Crippen LogP contribution in [0.3, 0.4) is 0 Å². The highest BCUT2D eigenvalue weighted by atomic mass is 32.2. The summed E-state index contributed by atoms with van der Waals surface area (Å²) in [7, 11) is 0. The number of phenols is 1.